The van der Waals surface area contributed by atoms with E-state index < -0.39 is 0 Å². The highest BCUT2D eigenvalue weighted by molar-refractivity contribution is 9.10. The lowest BCUT2D eigenvalue weighted by atomic mass is 10.2. The maximum absolute atomic E-state index is 5.40. The highest BCUT2D eigenvalue weighted by Crippen LogP contribution is 2.23. The molecule has 0 aliphatic rings. The first-order chi connectivity index (χ1) is 8.66. The summed E-state index contributed by atoms with van der Waals surface area (Å²) in [5.41, 5.74) is 4.24. The van der Waals surface area contributed by atoms with Crippen LogP contribution in [0, 0.1) is 11.7 Å². The standard InChI is InChI=1S/C13H10BrN3S/c1-8-6-9(14)2-3-11(8)17-12-4-5-15-7-10(12)16-13(17)18/h2-7H,1H3,(H,16,18). The van der Waals surface area contributed by atoms with E-state index in [-0.39, 0.29) is 0 Å². The Hall–Kier alpha value is -1.46. The van der Waals surface area contributed by atoms with E-state index in [4.69, 9.17) is 12.2 Å². The second-order valence-electron chi connectivity index (χ2n) is 4.09. The number of rotatable bonds is 1. The number of aryl methyl sites for hydroxylation is 1. The summed E-state index contributed by atoms with van der Waals surface area (Å²) in [6, 6.07) is 8.12. The van der Waals surface area contributed by atoms with E-state index in [0.717, 1.165) is 26.8 Å². The number of imidazole rings is 1. The SMILES string of the molecule is Cc1cc(Br)ccc1-n1c(=S)[nH]c2cnccc21. The minimum Gasteiger partial charge on any atom is -0.329 e. The molecular weight excluding hydrogens is 310 g/mol. The average Bonchev–Trinajstić information content (AvgIpc) is 2.66. The minimum atomic E-state index is 0.684. The number of nitrogens with zero attached hydrogens (tertiary/aromatic N) is 2. The summed E-state index contributed by atoms with van der Waals surface area (Å²) in [6.07, 6.45) is 3.56. The Kier molecular flexibility index (Phi) is 2.80. The van der Waals surface area contributed by atoms with Crippen LogP contribution in [0.4, 0.5) is 0 Å². The van der Waals surface area contributed by atoms with E-state index in [2.05, 4.69) is 45.0 Å². The van der Waals surface area contributed by atoms with E-state index in [9.17, 15) is 0 Å². The molecule has 18 heavy (non-hydrogen) atoms. The molecule has 0 unspecified atom stereocenters. The lowest BCUT2D eigenvalue weighted by Crippen LogP contribution is -1.96. The predicted molar refractivity (Wildman–Crippen MR) is 78.7 cm³/mol. The van der Waals surface area contributed by atoms with E-state index in [1.807, 2.05) is 16.7 Å². The molecule has 0 fully saturated rings. The van der Waals surface area contributed by atoms with E-state index in [1.54, 1.807) is 12.4 Å². The molecule has 3 nitrogen and oxygen atoms in total. The second kappa shape index (κ2) is 4.33. The van der Waals surface area contributed by atoms with Crippen molar-refractivity contribution in [3.63, 3.8) is 0 Å². The van der Waals surface area contributed by atoms with Gasteiger partial charge in [0.25, 0.3) is 0 Å². The maximum Gasteiger partial charge on any atom is 0.182 e. The number of halogens is 1. The zero-order valence-corrected chi connectivity index (χ0v) is 12.0. The molecule has 0 saturated carbocycles. The lowest BCUT2D eigenvalue weighted by molar-refractivity contribution is 1.05. The second-order valence-corrected chi connectivity index (χ2v) is 5.39. The number of pyridine rings is 1. The average molecular weight is 320 g/mol. The van der Waals surface area contributed by atoms with Gasteiger partial charge in [-0.3, -0.25) is 9.55 Å². The maximum atomic E-state index is 5.40. The quantitative estimate of drug-likeness (QED) is 0.683. The van der Waals surface area contributed by atoms with Crippen molar-refractivity contribution in [3.05, 3.63) is 51.5 Å². The van der Waals surface area contributed by atoms with Crippen LogP contribution in [-0.2, 0) is 0 Å². The topological polar surface area (TPSA) is 33.6 Å². The van der Waals surface area contributed by atoms with Crippen molar-refractivity contribution in [1.82, 2.24) is 14.5 Å². The van der Waals surface area contributed by atoms with Crippen LogP contribution in [0.15, 0.2) is 41.1 Å². The van der Waals surface area contributed by atoms with Gasteiger partial charge < -0.3 is 4.98 Å². The van der Waals surface area contributed by atoms with Gasteiger partial charge in [-0.1, -0.05) is 15.9 Å². The summed E-state index contributed by atoms with van der Waals surface area (Å²) < 4.78 is 3.79. The molecule has 2 heterocycles. The van der Waals surface area contributed by atoms with Crippen LogP contribution in [0.3, 0.4) is 0 Å². The van der Waals surface area contributed by atoms with Gasteiger partial charge in [0.2, 0.25) is 0 Å². The fourth-order valence-corrected chi connectivity index (χ4v) is 2.85. The highest BCUT2D eigenvalue weighted by atomic mass is 79.9. The molecule has 3 aromatic rings. The third-order valence-electron chi connectivity index (χ3n) is 2.88. The third kappa shape index (κ3) is 1.79. The van der Waals surface area contributed by atoms with E-state index in [0.29, 0.717) is 4.77 Å². The zero-order chi connectivity index (χ0) is 12.7. The summed E-state index contributed by atoms with van der Waals surface area (Å²) >= 11 is 8.87. The van der Waals surface area contributed by atoms with Gasteiger partial charge in [-0.15, -0.1) is 0 Å². The van der Waals surface area contributed by atoms with Crippen molar-refractivity contribution < 1.29 is 0 Å². The van der Waals surface area contributed by atoms with Crippen LogP contribution in [0.1, 0.15) is 5.56 Å². The van der Waals surface area contributed by atoms with Gasteiger partial charge in [0.05, 0.1) is 22.9 Å². The number of benzene rings is 1. The number of aromatic nitrogens is 3. The van der Waals surface area contributed by atoms with Crippen LogP contribution < -0.4 is 0 Å². The molecule has 0 spiro atoms. The Morgan fingerprint density at radius 1 is 1.33 bits per heavy atom. The largest absolute Gasteiger partial charge is 0.329 e. The summed E-state index contributed by atoms with van der Waals surface area (Å²) in [6.45, 7) is 2.07. The number of aromatic amines is 1. The molecule has 0 amide bonds. The summed E-state index contributed by atoms with van der Waals surface area (Å²) in [5.74, 6) is 0. The molecule has 3 rings (SSSR count). The first-order valence-corrected chi connectivity index (χ1v) is 6.68. The summed E-state index contributed by atoms with van der Waals surface area (Å²) in [4.78, 5) is 7.27. The van der Waals surface area contributed by atoms with Gasteiger partial charge in [-0.25, -0.2) is 0 Å². The van der Waals surface area contributed by atoms with E-state index >= 15 is 0 Å². The Morgan fingerprint density at radius 2 is 2.17 bits per heavy atom. The Labute approximate surface area is 118 Å². The number of hydrogen-bond donors (Lipinski definition) is 1. The molecule has 0 atom stereocenters. The van der Waals surface area contributed by atoms with Crippen molar-refractivity contribution >= 4 is 39.2 Å². The monoisotopic (exact) mass is 319 g/mol. The molecular formula is C13H10BrN3S. The van der Waals surface area contributed by atoms with E-state index in [1.165, 1.54) is 0 Å². The molecule has 1 aromatic carbocycles. The van der Waals surface area contributed by atoms with Gasteiger partial charge in [0, 0.05) is 10.7 Å². The van der Waals surface area contributed by atoms with Crippen LogP contribution in [0.2, 0.25) is 0 Å². The Morgan fingerprint density at radius 3 is 2.94 bits per heavy atom. The first-order valence-electron chi connectivity index (χ1n) is 5.48. The molecule has 5 heteroatoms. The molecule has 0 bridgehead atoms. The third-order valence-corrected chi connectivity index (χ3v) is 3.66. The predicted octanol–water partition coefficient (Wildman–Crippen LogP) is 4.15. The summed E-state index contributed by atoms with van der Waals surface area (Å²) in [7, 11) is 0. The van der Waals surface area contributed by atoms with Gasteiger partial charge in [0.15, 0.2) is 4.77 Å². The van der Waals surface area contributed by atoms with Crippen LogP contribution >= 0.6 is 28.1 Å². The number of nitrogens with one attached hydrogen (secondary N) is 1. The number of fused-ring (bicyclic) bond motifs is 1. The Balaban J connectivity index is 2.38. The van der Waals surface area contributed by atoms with Gasteiger partial charge in [-0.05, 0) is 49.0 Å². The molecule has 1 N–H and O–H groups in total. The molecule has 0 saturated heterocycles. The number of hydrogen-bond acceptors (Lipinski definition) is 2. The van der Waals surface area contributed by atoms with Crippen molar-refractivity contribution in [2.45, 2.75) is 6.92 Å². The van der Waals surface area contributed by atoms with Gasteiger partial charge in [0.1, 0.15) is 0 Å². The summed E-state index contributed by atoms with van der Waals surface area (Å²) in [5, 5.41) is 0. The number of H-pyrrole nitrogens is 1. The molecule has 2 aromatic heterocycles. The minimum absolute atomic E-state index is 0.684. The van der Waals surface area contributed by atoms with Crippen molar-refractivity contribution in [1.29, 1.82) is 0 Å². The molecule has 0 aliphatic carbocycles. The fraction of sp³-hybridized carbons (Fsp3) is 0.0769. The van der Waals surface area contributed by atoms with Crippen LogP contribution in [-0.4, -0.2) is 14.5 Å². The zero-order valence-electron chi connectivity index (χ0n) is 9.64. The fourth-order valence-electron chi connectivity index (χ4n) is 2.07. The van der Waals surface area contributed by atoms with Crippen LogP contribution in [0.25, 0.3) is 16.7 Å². The lowest BCUT2D eigenvalue weighted by Gasteiger charge is -2.08. The van der Waals surface area contributed by atoms with Crippen molar-refractivity contribution in [3.8, 4) is 5.69 Å². The smallest absolute Gasteiger partial charge is 0.182 e. The normalized spacial score (nSPS) is 11.0. The van der Waals surface area contributed by atoms with Crippen molar-refractivity contribution in [2.24, 2.45) is 0 Å². The van der Waals surface area contributed by atoms with Gasteiger partial charge in [-0.2, -0.15) is 0 Å². The first kappa shape index (κ1) is 11.6. The van der Waals surface area contributed by atoms with Gasteiger partial charge >= 0.3 is 0 Å². The van der Waals surface area contributed by atoms with Crippen LogP contribution in [0.5, 0.6) is 0 Å². The molecule has 0 radical (unpaired) electrons. The van der Waals surface area contributed by atoms with Crippen molar-refractivity contribution in [2.75, 3.05) is 0 Å². The molecule has 90 valence electrons. The highest BCUT2D eigenvalue weighted by Gasteiger charge is 2.08. The molecule has 0 aliphatic heterocycles. The Bertz CT molecular complexity index is 788.